The summed E-state index contributed by atoms with van der Waals surface area (Å²) in [5.74, 6) is 0.875. The summed E-state index contributed by atoms with van der Waals surface area (Å²) in [5.41, 5.74) is 6.70. The van der Waals surface area contributed by atoms with E-state index in [-0.39, 0.29) is 6.61 Å². The lowest BCUT2D eigenvalue weighted by molar-refractivity contribution is 0.139. The molecule has 1 unspecified atom stereocenters. The Bertz CT molecular complexity index is 371. The minimum atomic E-state index is 0.249. The molecular formula is C14H22N2O2. The smallest absolute Gasteiger partial charge is 0.123 e. The van der Waals surface area contributed by atoms with Gasteiger partial charge in [0.25, 0.3) is 0 Å². The van der Waals surface area contributed by atoms with Gasteiger partial charge in [0, 0.05) is 24.7 Å². The van der Waals surface area contributed by atoms with Crippen LogP contribution in [0.15, 0.2) is 24.3 Å². The van der Waals surface area contributed by atoms with Crippen molar-refractivity contribution in [2.45, 2.75) is 25.4 Å². The van der Waals surface area contributed by atoms with E-state index in [4.69, 9.17) is 10.5 Å². The number of aliphatic hydroxyl groups is 1. The Morgan fingerprint density at radius 2 is 2.22 bits per heavy atom. The normalized spacial score (nSPS) is 20.2. The van der Waals surface area contributed by atoms with Crippen molar-refractivity contribution in [1.82, 2.24) is 4.90 Å². The SMILES string of the molecule is NCc1ccccc1OCCN1CCCC1CO. The highest BCUT2D eigenvalue weighted by Crippen LogP contribution is 2.19. The van der Waals surface area contributed by atoms with Gasteiger partial charge in [0.15, 0.2) is 0 Å². The number of aliphatic hydroxyl groups excluding tert-OH is 1. The molecule has 4 nitrogen and oxygen atoms in total. The van der Waals surface area contributed by atoms with Crippen LogP contribution >= 0.6 is 0 Å². The molecule has 3 N–H and O–H groups in total. The third-order valence-corrected chi connectivity index (χ3v) is 3.54. The maximum Gasteiger partial charge on any atom is 0.123 e. The maximum atomic E-state index is 9.24. The molecule has 0 bridgehead atoms. The van der Waals surface area contributed by atoms with Gasteiger partial charge in [0.1, 0.15) is 12.4 Å². The van der Waals surface area contributed by atoms with E-state index in [0.29, 0.717) is 19.2 Å². The summed E-state index contributed by atoms with van der Waals surface area (Å²) in [4.78, 5) is 2.30. The number of likely N-dealkylation sites (tertiary alicyclic amines) is 1. The predicted molar refractivity (Wildman–Crippen MR) is 71.5 cm³/mol. The van der Waals surface area contributed by atoms with Crippen molar-refractivity contribution < 1.29 is 9.84 Å². The van der Waals surface area contributed by atoms with Gasteiger partial charge in [-0.15, -0.1) is 0 Å². The third kappa shape index (κ3) is 3.22. The molecule has 18 heavy (non-hydrogen) atoms. The van der Waals surface area contributed by atoms with Crippen molar-refractivity contribution in [3.8, 4) is 5.75 Å². The Morgan fingerprint density at radius 1 is 1.39 bits per heavy atom. The lowest BCUT2D eigenvalue weighted by Crippen LogP contribution is -2.35. The number of para-hydroxylation sites is 1. The molecule has 0 amide bonds. The van der Waals surface area contributed by atoms with Gasteiger partial charge in [0.05, 0.1) is 6.61 Å². The van der Waals surface area contributed by atoms with Gasteiger partial charge in [-0.25, -0.2) is 0 Å². The molecule has 1 heterocycles. The second-order valence-corrected chi connectivity index (χ2v) is 4.67. The van der Waals surface area contributed by atoms with E-state index in [2.05, 4.69) is 4.90 Å². The van der Waals surface area contributed by atoms with Crippen LogP contribution < -0.4 is 10.5 Å². The van der Waals surface area contributed by atoms with E-state index in [1.807, 2.05) is 24.3 Å². The zero-order valence-corrected chi connectivity index (χ0v) is 10.7. The Kier molecular flexibility index (Phi) is 4.99. The van der Waals surface area contributed by atoms with Crippen LogP contribution in [0.1, 0.15) is 18.4 Å². The summed E-state index contributed by atoms with van der Waals surface area (Å²) < 4.78 is 5.78. The highest BCUT2D eigenvalue weighted by molar-refractivity contribution is 5.32. The summed E-state index contributed by atoms with van der Waals surface area (Å²) >= 11 is 0. The Labute approximate surface area is 108 Å². The zero-order chi connectivity index (χ0) is 12.8. The average molecular weight is 250 g/mol. The molecule has 2 rings (SSSR count). The van der Waals surface area contributed by atoms with Gasteiger partial charge in [-0.3, -0.25) is 4.90 Å². The first kappa shape index (κ1) is 13.3. The molecule has 0 saturated carbocycles. The zero-order valence-electron chi connectivity index (χ0n) is 10.7. The van der Waals surface area contributed by atoms with Gasteiger partial charge < -0.3 is 15.6 Å². The lowest BCUT2D eigenvalue weighted by atomic mass is 10.2. The molecule has 0 spiro atoms. The van der Waals surface area contributed by atoms with Crippen LogP contribution in [0.25, 0.3) is 0 Å². The molecule has 1 atom stereocenters. The van der Waals surface area contributed by atoms with Crippen LogP contribution in [0.2, 0.25) is 0 Å². The fraction of sp³-hybridized carbons (Fsp3) is 0.571. The van der Waals surface area contributed by atoms with Gasteiger partial charge >= 0.3 is 0 Å². The summed E-state index contributed by atoms with van der Waals surface area (Å²) in [7, 11) is 0. The predicted octanol–water partition coefficient (Wildman–Crippen LogP) is 0.981. The van der Waals surface area contributed by atoms with Crippen LogP contribution in [0.5, 0.6) is 5.75 Å². The number of benzene rings is 1. The van der Waals surface area contributed by atoms with Crippen LogP contribution in [0.3, 0.4) is 0 Å². The first-order chi connectivity index (χ1) is 8.85. The van der Waals surface area contributed by atoms with E-state index >= 15 is 0 Å². The van der Waals surface area contributed by atoms with E-state index in [9.17, 15) is 5.11 Å². The quantitative estimate of drug-likeness (QED) is 0.790. The molecule has 0 aromatic heterocycles. The Hall–Kier alpha value is -1.10. The van der Waals surface area contributed by atoms with Crippen molar-refractivity contribution in [3.05, 3.63) is 29.8 Å². The van der Waals surface area contributed by atoms with E-state index in [0.717, 1.165) is 30.8 Å². The molecule has 1 aliphatic heterocycles. The largest absolute Gasteiger partial charge is 0.492 e. The summed E-state index contributed by atoms with van der Waals surface area (Å²) in [5, 5.41) is 9.24. The average Bonchev–Trinajstić information content (AvgIpc) is 2.87. The monoisotopic (exact) mass is 250 g/mol. The number of rotatable bonds is 6. The molecule has 1 aromatic rings. The molecule has 0 aliphatic carbocycles. The lowest BCUT2D eigenvalue weighted by Gasteiger charge is -2.22. The van der Waals surface area contributed by atoms with Gasteiger partial charge in [0.2, 0.25) is 0 Å². The molecule has 0 radical (unpaired) electrons. The molecule has 100 valence electrons. The second kappa shape index (κ2) is 6.73. The van der Waals surface area contributed by atoms with Crippen LogP contribution in [-0.4, -0.2) is 42.4 Å². The molecule has 1 aliphatic rings. The van der Waals surface area contributed by atoms with Crippen molar-refractivity contribution >= 4 is 0 Å². The van der Waals surface area contributed by atoms with Crippen LogP contribution in [0, 0.1) is 0 Å². The number of hydrogen-bond acceptors (Lipinski definition) is 4. The maximum absolute atomic E-state index is 9.24. The second-order valence-electron chi connectivity index (χ2n) is 4.67. The summed E-state index contributed by atoms with van der Waals surface area (Å²) in [6.07, 6.45) is 2.26. The fourth-order valence-electron chi connectivity index (χ4n) is 2.48. The van der Waals surface area contributed by atoms with E-state index in [1.165, 1.54) is 6.42 Å². The van der Waals surface area contributed by atoms with Crippen molar-refractivity contribution in [1.29, 1.82) is 0 Å². The molecular weight excluding hydrogens is 228 g/mol. The minimum Gasteiger partial charge on any atom is -0.492 e. The topological polar surface area (TPSA) is 58.7 Å². The van der Waals surface area contributed by atoms with E-state index < -0.39 is 0 Å². The van der Waals surface area contributed by atoms with Gasteiger partial charge in [-0.1, -0.05) is 18.2 Å². The molecule has 4 heteroatoms. The summed E-state index contributed by atoms with van der Waals surface area (Å²) in [6, 6.07) is 8.19. The summed E-state index contributed by atoms with van der Waals surface area (Å²) in [6.45, 7) is 3.32. The molecule has 1 fully saturated rings. The number of ether oxygens (including phenoxy) is 1. The fourth-order valence-corrected chi connectivity index (χ4v) is 2.48. The Balaban J connectivity index is 1.81. The first-order valence-electron chi connectivity index (χ1n) is 6.61. The van der Waals surface area contributed by atoms with Crippen LogP contribution in [0.4, 0.5) is 0 Å². The van der Waals surface area contributed by atoms with Gasteiger partial charge in [-0.2, -0.15) is 0 Å². The minimum absolute atomic E-state index is 0.249. The van der Waals surface area contributed by atoms with Crippen molar-refractivity contribution in [2.24, 2.45) is 5.73 Å². The van der Waals surface area contributed by atoms with Gasteiger partial charge in [-0.05, 0) is 25.5 Å². The highest BCUT2D eigenvalue weighted by Gasteiger charge is 2.23. The number of nitrogens with zero attached hydrogens (tertiary/aromatic N) is 1. The number of hydrogen-bond donors (Lipinski definition) is 2. The van der Waals surface area contributed by atoms with Crippen LogP contribution in [-0.2, 0) is 6.54 Å². The molecule has 1 aromatic carbocycles. The third-order valence-electron chi connectivity index (χ3n) is 3.54. The van der Waals surface area contributed by atoms with E-state index in [1.54, 1.807) is 0 Å². The highest BCUT2D eigenvalue weighted by atomic mass is 16.5. The van der Waals surface area contributed by atoms with Crippen molar-refractivity contribution in [2.75, 3.05) is 26.3 Å². The van der Waals surface area contributed by atoms with Crippen molar-refractivity contribution in [3.63, 3.8) is 0 Å². The molecule has 1 saturated heterocycles. The Morgan fingerprint density at radius 3 is 3.00 bits per heavy atom. The first-order valence-corrected chi connectivity index (χ1v) is 6.61. The standard InChI is InChI=1S/C14H22N2O2/c15-10-12-4-1-2-6-14(12)18-9-8-16-7-3-5-13(16)11-17/h1-2,4,6,13,17H,3,5,7-11,15H2. The number of nitrogens with two attached hydrogens (primary N) is 1.